The van der Waals surface area contributed by atoms with Crippen LogP contribution in [-0.4, -0.2) is 5.11 Å². The van der Waals surface area contributed by atoms with E-state index in [1.165, 1.54) is 11.1 Å². The Hall–Kier alpha value is -1.51. The average Bonchev–Trinajstić information content (AvgIpc) is 2.36. The van der Waals surface area contributed by atoms with Crippen molar-refractivity contribution in [2.24, 2.45) is 0 Å². The smallest absolute Gasteiger partial charge is 0.138 e. The summed E-state index contributed by atoms with van der Waals surface area (Å²) in [4.78, 5) is 0. The van der Waals surface area contributed by atoms with Crippen LogP contribution in [0.3, 0.4) is 0 Å². The van der Waals surface area contributed by atoms with Crippen LogP contribution >= 0.6 is 11.6 Å². The fraction of sp³-hybridized carbons (Fsp3) is 0.294. The lowest BCUT2D eigenvalue weighted by atomic mass is 10.1. The Labute approximate surface area is 125 Å². The summed E-state index contributed by atoms with van der Waals surface area (Å²) >= 11 is 6.17. The van der Waals surface area contributed by atoms with E-state index in [0.29, 0.717) is 17.4 Å². The molecule has 0 unspecified atom stereocenters. The molecule has 0 bridgehead atoms. The van der Waals surface area contributed by atoms with Gasteiger partial charge in [-0.05, 0) is 44.0 Å². The van der Waals surface area contributed by atoms with E-state index in [4.69, 9.17) is 16.3 Å². The highest BCUT2D eigenvalue weighted by Crippen LogP contribution is 2.28. The van der Waals surface area contributed by atoms with Crippen molar-refractivity contribution in [1.82, 2.24) is 0 Å². The molecule has 0 aliphatic heterocycles. The van der Waals surface area contributed by atoms with Crippen LogP contribution in [0.25, 0.3) is 0 Å². The highest BCUT2D eigenvalue weighted by atomic mass is 35.5. The zero-order valence-corrected chi connectivity index (χ0v) is 12.7. The van der Waals surface area contributed by atoms with E-state index in [9.17, 15) is 5.11 Å². The molecule has 1 N–H and O–H groups in total. The minimum Gasteiger partial charge on any atom is -0.487 e. The molecule has 0 aliphatic rings. The van der Waals surface area contributed by atoms with Crippen LogP contribution in [-0.2, 0) is 6.61 Å². The van der Waals surface area contributed by atoms with Gasteiger partial charge in [-0.15, -0.1) is 0 Å². The van der Waals surface area contributed by atoms with Gasteiger partial charge in [-0.3, -0.25) is 0 Å². The average molecular weight is 291 g/mol. The summed E-state index contributed by atoms with van der Waals surface area (Å²) in [5.41, 5.74) is 4.35. The van der Waals surface area contributed by atoms with Gasteiger partial charge >= 0.3 is 0 Å². The number of benzene rings is 2. The van der Waals surface area contributed by atoms with E-state index >= 15 is 0 Å². The van der Waals surface area contributed by atoms with Crippen molar-refractivity contribution in [1.29, 1.82) is 0 Å². The first-order valence-electron chi connectivity index (χ1n) is 6.63. The standard InChI is InChI=1S/C17H19ClO2/c1-11-6-12(2)8-14(7-11)10-20-17-5-4-15(13(3)19)9-16(17)18/h4-9,13,19H,10H2,1-3H3/t13-/m0/s1. The monoisotopic (exact) mass is 290 g/mol. The Morgan fingerprint density at radius 1 is 1.10 bits per heavy atom. The second-order valence-corrected chi connectivity index (χ2v) is 5.56. The van der Waals surface area contributed by atoms with Gasteiger partial charge in [-0.1, -0.05) is 47.0 Å². The molecule has 0 saturated heterocycles. The molecule has 0 fully saturated rings. The Kier molecular flexibility index (Phi) is 4.69. The van der Waals surface area contributed by atoms with Crippen molar-refractivity contribution in [2.45, 2.75) is 33.5 Å². The molecule has 2 aromatic carbocycles. The van der Waals surface area contributed by atoms with Gasteiger partial charge < -0.3 is 9.84 Å². The minimum atomic E-state index is -0.527. The molecule has 2 aromatic rings. The maximum Gasteiger partial charge on any atom is 0.138 e. The van der Waals surface area contributed by atoms with E-state index in [1.807, 2.05) is 6.07 Å². The predicted molar refractivity (Wildman–Crippen MR) is 82.3 cm³/mol. The van der Waals surface area contributed by atoms with Crippen molar-refractivity contribution in [2.75, 3.05) is 0 Å². The van der Waals surface area contributed by atoms with Gasteiger partial charge in [0, 0.05) is 0 Å². The first-order valence-corrected chi connectivity index (χ1v) is 7.01. The molecular weight excluding hydrogens is 272 g/mol. The second-order valence-electron chi connectivity index (χ2n) is 5.15. The fourth-order valence-electron chi connectivity index (χ4n) is 2.21. The Balaban J connectivity index is 2.11. The van der Waals surface area contributed by atoms with Crippen LogP contribution in [0.4, 0.5) is 0 Å². The van der Waals surface area contributed by atoms with Crippen molar-refractivity contribution >= 4 is 11.6 Å². The molecule has 2 nitrogen and oxygen atoms in total. The van der Waals surface area contributed by atoms with E-state index in [-0.39, 0.29) is 0 Å². The predicted octanol–water partition coefficient (Wildman–Crippen LogP) is 4.59. The van der Waals surface area contributed by atoms with Crippen molar-refractivity contribution < 1.29 is 9.84 Å². The third-order valence-electron chi connectivity index (χ3n) is 3.11. The molecule has 20 heavy (non-hydrogen) atoms. The summed E-state index contributed by atoms with van der Waals surface area (Å²) in [5.74, 6) is 0.634. The topological polar surface area (TPSA) is 29.5 Å². The Bertz CT molecular complexity index is 586. The highest BCUT2D eigenvalue weighted by Gasteiger charge is 2.07. The normalized spacial score (nSPS) is 12.2. The largest absolute Gasteiger partial charge is 0.487 e. The van der Waals surface area contributed by atoms with E-state index in [2.05, 4.69) is 32.0 Å². The molecule has 0 spiro atoms. The number of rotatable bonds is 4. The molecule has 0 amide bonds. The molecule has 3 heteroatoms. The lowest BCUT2D eigenvalue weighted by molar-refractivity contribution is 0.199. The van der Waals surface area contributed by atoms with Crippen molar-refractivity contribution in [3.05, 3.63) is 63.7 Å². The van der Waals surface area contributed by atoms with Crippen LogP contribution in [0.15, 0.2) is 36.4 Å². The Morgan fingerprint density at radius 3 is 2.30 bits per heavy atom. The molecule has 0 aliphatic carbocycles. The molecule has 106 valence electrons. The summed E-state index contributed by atoms with van der Waals surface area (Å²) in [6.07, 6.45) is -0.527. The number of aliphatic hydroxyl groups excluding tert-OH is 1. The van der Waals surface area contributed by atoms with Crippen LogP contribution in [0.2, 0.25) is 5.02 Å². The lowest BCUT2D eigenvalue weighted by Crippen LogP contribution is -1.98. The van der Waals surface area contributed by atoms with Gasteiger partial charge in [0.2, 0.25) is 0 Å². The number of hydrogen-bond donors (Lipinski definition) is 1. The third-order valence-corrected chi connectivity index (χ3v) is 3.41. The van der Waals surface area contributed by atoms with Crippen LogP contribution in [0, 0.1) is 13.8 Å². The molecule has 2 rings (SSSR count). The van der Waals surface area contributed by atoms with Gasteiger partial charge in [0.05, 0.1) is 11.1 Å². The number of halogens is 1. The summed E-state index contributed by atoms with van der Waals surface area (Å²) in [6.45, 7) is 6.33. The van der Waals surface area contributed by atoms with E-state index in [1.54, 1.807) is 19.1 Å². The van der Waals surface area contributed by atoms with Crippen LogP contribution in [0.5, 0.6) is 5.75 Å². The van der Waals surface area contributed by atoms with Gasteiger partial charge in [0.1, 0.15) is 12.4 Å². The van der Waals surface area contributed by atoms with Crippen molar-refractivity contribution in [3.63, 3.8) is 0 Å². The second kappa shape index (κ2) is 6.29. The van der Waals surface area contributed by atoms with Crippen LogP contribution < -0.4 is 4.74 Å². The minimum absolute atomic E-state index is 0.482. The molecule has 1 atom stereocenters. The van der Waals surface area contributed by atoms with Crippen molar-refractivity contribution in [3.8, 4) is 5.75 Å². The maximum absolute atomic E-state index is 9.51. The first kappa shape index (κ1) is 14.9. The Morgan fingerprint density at radius 2 is 1.75 bits per heavy atom. The van der Waals surface area contributed by atoms with Gasteiger partial charge in [-0.25, -0.2) is 0 Å². The maximum atomic E-state index is 9.51. The molecule has 0 saturated carbocycles. The summed E-state index contributed by atoms with van der Waals surface area (Å²) in [6, 6.07) is 11.7. The SMILES string of the molecule is Cc1cc(C)cc(COc2ccc([C@H](C)O)cc2Cl)c1. The number of aryl methyl sites for hydroxylation is 2. The summed E-state index contributed by atoms with van der Waals surface area (Å²) < 4.78 is 5.75. The zero-order valence-electron chi connectivity index (χ0n) is 12.0. The number of hydrogen-bond acceptors (Lipinski definition) is 2. The third kappa shape index (κ3) is 3.75. The van der Waals surface area contributed by atoms with Gasteiger partial charge in [0.25, 0.3) is 0 Å². The lowest BCUT2D eigenvalue weighted by Gasteiger charge is -2.11. The fourth-order valence-corrected chi connectivity index (χ4v) is 2.45. The van der Waals surface area contributed by atoms with E-state index < -0.39 is 6.10 Å². The molecular formula is C17H19ClO2. The van der Waals surface area contributed by atoms with Gasteiger partial charge in [0.15, 0.2) is 0 Å². The first-order chi connectivity index (χ1) is 9.45. The van der Waals surface area contributed by atoms with E-state index in [0.717, 1.165) is 11.1 Å². The quantitative estimate of drug-likeness (QED) is 0.892. The molecule has 0 radical (unpaired) electrons. The van der Waals surface area contributed by atoms with Crippen LogP contribution in [0.1, 0.15) is 35.3 Å². The van der Waals surface area contributed by atoms with Gasteiger partial charge in [-0.2, -0.15) is 0 Å². The summed E-state index contributed by atoms with van der Waals surface area (Å²) in [5, 5.41) is 10.0. The summed E-state index contributed by atoms with van der Waals surface area (Å²) in [7, 11) is 0. The molecule has 0 heterocycles. The molecule has 0 aromatic heterocycles. The zero-order chi connectivity index (χ0) is 14.7. The number of ether oxygens (including phenoxy) is 1. The highest BCUT2D eigenvalue weighted by molar-refractivity contribution is 6.32. The number of aliphatic hydroxyl groups is 1.